The van der Waals surface area contributed by atoms with E-state index in [2.05, 4.69) is 49.7 Å². The first-order valence-electron chi connectivity index (χ1n) is 8.89. The molecule has 1 atom stereocenters. The second-order valence-corrected chi connectivity index (χ2v) is 9.05. The molecule has 2 aromatic rings. The molecule has 2 heterocycles. The van der Waals surface area contributed by atoms with Gasteiger partial charge >= 0.3 is 0 Å². The lowest BCUT2D eigenvalue weighted by atomic mass is 10.1. The van der Waals surface area contributed by atoms with E-state index in [4.69, 9.17) is 0 Å². The summed E-state index contributed by atoms with van der Waals surface area (Å²) in [5.74, 6) is 0. The van der Waals surface area contributed by atoms with E-state index in [9.17, 15) is 8.42 Å². The minimum absolute atomic E-state index is 0.159. The van der Waals surface area contributed by atoms with Gasteiger partial charge in [0.15, 0.2) is 0 Å². The van der Waals surface area contributed by atoms with Crippen LogP contribution in [0.1, 0.15) is 36.6 Å². The third-order valence-electron chi connectivity index (χ3n) is 4.95. The van der Waals surface area contributed by atoms with Crippen molar-refractivity contribution in [2.45, 2.75) is 43.6 Å². The predicted molar refractivity (Wildman–Crippen MR) is 96.4 cm³/mol. The molecule has 1 fully saturated rings. The van der Waals surface area contributed by atoms with Crippen LogP contribution in [0.2, 0.25) is 0 Å². The van der Waals surface area contributed by atoms with Crippen LogP contribution in [0.15, 0.2) is 42.6 Å². The van der Waals surface area contributed by atoms with Gasteiger partial charge in [-0.1, -0.05) is 30.3 Å². The van der Waals surface area contributed by atoms with Crippen LogP contribution in [0, 0.1) is 0 Å². The third-order valence-corrected chi connectivity index (χ3v) is 6.90. The van der Waals surface area contributed by atoms with Gasteiger partial charge in [0.05, 0.1) is 17.0 Å². The zero-order chi connectivity index (χ0) is 17.3. The molecule has 4 rings (SSSR count). The number of nitrogens with one attached hydrogen (secondary N) is 1. The number of rotatable bonds is 7. The van der Waals surface area contributed by atoms with Gasteiger partial charge in [0, 0.05) is 32.4 Å². The highest BCUT2D eigenvalue weighted by molar-refractivity contribution is 7.90. The average Bonchev–Trinajstić information content (AvgIpc) is 3.35. The molecule has 1 aliphatic carbocycles. The van der Waals surface area contributed by atoms with Gasteiger partial charge in [-0.05, 0) is 30.9 Å². The van der Waals surface area contributed by atoms with Crippen molar-refractivity contribution in [2.24, 2.45) is 0 Å². The molecule has 0 amide bonds. The summed E-state index contributed by atoms with van der Waals surface area (Å²) in [6, 6.07) is 12.7. The smallest absolute Gasteiger partial charge is 0.214 e. The van der Waals surface area contributed by atoms with E-state index in [0.29, 0.717) is 6.54 Å². The Kier molecular flexibility index (Phi) is 4.62. The Morgan fingerprint density at radius 2 is 1.96 bits per heavy atom. The fraction of sp³-hybridized carbons (Fsp3) is 0.500. The van der Waals surface area contributed by atoms with E-state index < -0.39 is 10.0 Å². The molecule has 1 aliphatic heterocycles. The van der Waals surface area contributed by atoms with Gasteiger partial charge in [-0.25, -0.2) is 13.1 Å². The zero-order valence-corrected chi connectivity index (χ0v) is 15.0. The summed E-state index contributed by atoms with van der Waals surface area (Å²) in [7, 11) is -3.11. The molecule has 0 radical (unpaired) electrons. The van der Waals surface area contributed by atoms with E-state index in [1.54, 1.807) is 0 Å². The predicted octanol–water partition coefficient (Wildman–Crippen LogP) is 1.91. The summed E-state index contributed by atoms with van der Waals surface area (Å²) in [4.78, 5) is 2.41. The maximum Gasteiger partial charge on any atom is 0.214 e. The molecule has 0 saturated heterocycles. The van der Waals surface area contributed by atoms with Crippen LogP contribution in [0.4, 0.5) is 0 Å². The lowest BCUT2D eigenvalue weighted by Gasteiger charge is -2.34. The molecule has 1 N–H and O–H groups in total. The normalized spacial score (nSPS) is 21.2. The number of hydrogen-bond donors (Lipinski definition) is 1. The van der Waals surface area contributed by atoms with Crippen LogP contribution in [-0.4, -0.2) is 41.4 Å². The van der Waals surface area contributed by atoms with Gasteiger partial charge in [-0.3, -0.25) is 9.58 Å². The van der Waals surface area contributed by atoms with Gasteiger partial charge in [0.2, 0.25) is 10.0 Å². The first-order valence-corrected chi connectivity index (χ1v) is 10.4. The van der Waals surface area contributed by atoms with Crippen molar-refractivity contribution in [3.05, 3.63) is 53.9 Å². The molecule has 134 valence electrons. The highest BCUT2D eigenvalue weighted by atomic mass is 32.2. The quantitative estimate of drug-likeness (QED) is 0.819. The highest BCUT2D eigenvalue weighted by Gasteiger charge is 2.35. The van der Waals surface area contributed by atoms with E-state index in [0.717, 1.165) is 38.9 Å². The van der Waals surface area contributed by atoms with Crippen molar-refractivity contribution in [1.82, 2.24) is 19.4 Å². The maximum absolute atomic E-state index is 12.0. The largest absolute Gasteiger partial charge is 0.291 e. The van der Waals surface area contributed by atoms with Gasteiger partial charge in [0.1, 0.15) is 0 Å². The van der Waals surface area contributed by atoms with Crippen LogP contribution < -0.4 is 4.72 Å². The number of sulfonamides is 1. The lowest BCUT2D eigenvalue weighted by molar-refractivity contribution is 0.162. The van der Waals surface area contributed by atoms with Crippen LogP contribution in [0.5, 0.6) is 0 Å². The first-order chi connectivity index (χ1) is 12.1. The molecule has 6 nitrogen and oxygen atoms in total. The summed E-state index contributed by atoms with van der Waals surface area (Å²) >= 11 is 0. The van der Waals surface area contributed by atoms with Gasteiger partial charge in [-0.2, -0.15) is 5.10 Å². The van der Waals surface area contributed by atoms with Crippen molar-refractivity contribution >= 4 is 10.0 Å². The second-order valence-electron chi connectivity index (χ2n) is 7.00. The van der Waals surface area contributed by atoms with Crippen LogP contribution in [0.25, 0.3) is 0 Å². The van der Waals surface area contributed by atoms with Crippen LogP contribution >= 0.6 is 0 Å². The van der Waals surface area contributed by atoms with Crippen molar-refractivity contribution < 1.29 is 8.42 Å². The standard InChI is InChI=1S/C18H24N4O2S/c23-25(24,18-6-7-18)20-11-9-17-14-21(12-15-4-2-1-3-5-15)13-16-8-10-19-22(16)17/h1-5,8,10,17-18,20H,6-7,9,11-14H2/t17-/m0/s1. The zero-order valence-electron chi connectivity index (χ0n) is 14.2. The Bertz CT molecular complexity index is 815. The van der Waals surface area contributed by atoms with Crippen molar-refractivity contribution in [3.8, 4) is 0 Å². The second kappa shape index (κ2) is 6.90. The first kappa shape index (κ1) is 16.8. The number of hydrogen-bond acceptors (Lipinski definition) is 4. The summed E-state index contributed by atoms with van der Waals surface area (Å²) in [5.41, 5.74) is 2.49. The number of nitrogens with zero attached hydrogens (tertiary/aromatic N) is 3. The molecule has 1 saturated carbocycles. The molecular formula is C18H24N4O2S. The topological polar surface area (TPSA) is 67.2 Å². The van der Waals surface area contributed by atoms with Crippen molar-refractivity contribution in [3.63, 3.8) is 0 Å². The Morgan fingerprint density at radius 1 is 1.16 bits per heavy atom. The van der Waals surface area contributed by atoms with E-state index in [1.807, 2.05) is 12.3 Å². The monoisotopic (exact) mass is 360 g/mol. The molecule has 25 heavy (non-hydrogen) atoms. The molecule has 0 unspecified atom stereocenters. The van der Waals surface area contributed by atoms with E-state index in [-0.39, 0.29) is 11.3 Å². The van der Waals surface area contributed by atoms with Gasteiger partial charge in [0.25, 0.3) is 0 Å². The van der Waals surface area contributed by atoms with Crippen molar-refractivity contribution in [1.29, 1.82) is 0 Å². The summed E-state index contributed by atoms with van der Waals surface area (Å²) in [6.07, 6.45) is 4.19. The van der Waals surface area contributed by atoms with Crippen LogP contribution in [0.3, 0.4) is 0 Å². The Morgan fingerprint density at radius 3 is 2.72 bits per heavy atom. The fourth-order valence-corrected chi connectivity index (χ4v) is 4.90. The maximum atomic E-state index is 12.0. The minimum Gasteiger partial charge on any atom is -0.291 e. The summed E-state index contributed by atoms with van der Waals surface area (Å²) < 4.78 is 28.8. The van der Waals surface area contributed by atoms with Gasteiger partial charge in [-0.15, -0.1) is 0 Å². The summed E-state index contributed by atoms with van der Waals surface area (Å²) in [6.45, 7) is 3.13. The number of benzene rings is 1. The van der Waals surface area contributed by atoms with Gasteiger partial charge < -0.3 is 0 Å². The number of fused-ring (bicyclic) bond motifs is 1. The molecule has 1 aromatic carbocycles. The third kappa shape index (κ3) is 3.94. The van der Waals surface area contributed by atoms with Crippen molar-refractivity contribution in [2.75, 3.05) is 13.1 Å². The molecular weight excluding hydrogens is 336 g/mol. The highest BCUT2D eigenvalue weighted by Crippen LogP contribution is 2.28. The lowest BCUT2D eigenvalue weighted by Crippen LogP contribution is -2.39. The Balaban J connectivity index is 1.40. The molecule has 0 bridgehead atoms. The molecule has 1 aromatic heterocycles. The van der Waals surface area contributed by atoms with E-state index in [1.165, 1.54) is 11.3 Å². The number of aromatic nitrogens is 2. The SMILES string of the molecule is O=S(=O)(NCC[C@H]1CN(Cc2ccccc2)Cc2ccnn21)C1CC1. The minimum atomic E-state index is -3.11. The Hall–Kier alpha value is -1.70. The fourth-order valence-electron chi connectivity index (χ4n) is 3.50. The summed E-state index contributed by atoms with van der Waals surface area (Å²) in [5, 5.41) is 4.30. The molecule has 0 spiro atoms. The average molecular weight is 360 g/mol. The molecule has 7 heteroatoms. The van der Waals surface area contributed by atoms with Crippen LogP contribution in [-0.2, 0) is 23.1 Å². The van der Waals surface area contributed by atoms with E-state index >= 15 is 0 Å². The molecule has 2 aliphatic rings. The Labute approximate surface area is 148 Å².